The van der Waals surface area contributed by atoms with Gasteiger partial charge in [0.05, 0.1) is 23.4 Å². The maximum atomic E-state index is 12.4. The number of ether oxygens (including phenoxy) is 1. The molecule has 1 aromatic carbocycles. The van der Waals surface area contributed by atoms with Gasteiger partial charge < -0.3 is 15.0 Å². The van der Waals surface area contributed by atoms with Crippen LogP contribution in [0.2, 0.25) is 10.0 Å². The molecule has 1 aromatic rings. The van der Waals surface area contributed by atoms with E-state index in [0.717, 1.165) is 0 Å². The van der Waals surface area contributed by atoms with Gasteiger partial charge in [0.15, 0.2) is 0 Å². The lowest BCUT2D eigenvalue weighted by Gasteiger charge is -2.36. The molecule has 0 spiro atoms. The number of amides is 2. The van der Waals surface area contributed by atoms with Crippen LogP contribution in [-0.2, 0) is 9.53 Å². The summed E-state index contributed by atoms with van der Waals surface area (Å²) < 4.78 is 4.99. The van der Waals surface area contributed by atoms with Gasteiger partial charge in [-0.3, -0.25) is 9.69 Å². The Morgan fingerprint density at radius 1 is 1.25 bits per heavy atom. The van der Waals surface area contributed by atoms with E-state index in [1.165, 1.54) is 0 Å². The molecular weight excluding hydrogens is 353 g/mol. The summed E-state index contributed by atoms with van der Waals surface area (Å²) >= 11 is 12.0. The van der Waals surface area contributed by atoms with Gasteiger partial charge in [0, 0.05) is 31.2 Å². The lowest BCUT2D eigenvalue weighted by Crippen LogP contribution is -2.54. The molecule has 24 heavy (non-hydrogen) atoms. The molecule has 0 aromatic heterocycles. The molecule has 1 fully saturated rings. The first-order chi connectivity index (χ1) is 11.4. The summed E-state index contributed by atoms with van der Waals surface area (Å²) in [6.07, 6.45) is -0.306. The highest BCUT2D eigenvalue weighted by Gasteiger charge is 2.28. The van der Waals surface area contributed by atoms with Crippen molar-refractivity contribution in [3.63, 3.8) is 0 Å². The molecule has 6 nitrogen and oxygen atoms in total. The third-order valence-corrected chi connectivity index (χ3v) is 4.52. The topological polar surface area (TPSA) is 61.9 Å². The van der Waals surface area contributed by atoms with Crippen LogP contribution in [0.25, 0.3) is 0 Å². The number of piperazine rings is 1. The van der Waals surface area contributed by atoms with Crippen molar-refractivity contribution in [3.8, 4) is 0 Å². The molecule has 1 saturated heterocycles. The quantitative estimate of drug-likeness (QED) is 0.880. The van der Waals surface area contributed by atoms with Crippen LogP contribution in [0.3, 0.4) is 0 Å². The molecule has 1 atom stereocenters. The smallest absolute Gasteiger partial charge is 0.409 e. The number of nitrogens with zero attached hydrogens (tertiary/aromatic N) is 2. The fourth-order valence-electron chi connectivity index (χ4n) is 2.50. The number of benzene rings is 1. The van der Waals surface area contributed by atoms with Gasteiger partial charge in [0.2, 0.25) is 5.91 Å². The minimum atomic E-state index is -0.343. The first-order valence-electron chi connectivity index (χ1n) is 7.84. The second-order valence-corrected chi connectivity index (χ2v) is 6.35. The SMILES string of the molecule is CCOC(=O)N1CCN([C@H](C)C(=O)Nc2cc(Cl)ccc2Cl)CC1. The van der Waals surface area contributed by atoms with Crippen molar-refractivity contribution in [2.24, 2.45) is 0 Å². The third kappa shape index (κ3) is 4.75. The van der Waals surface area contributed by atoms with Gasteiger partial charge in [0.1, 0.15) is 0 Å². The molecular formula is C16H21Cl2N3O3. The molecule has 1 aliphatic heterocycles. The lowest BCUT2D eigenvalue weighted by atomic mass is 10.2. The summed E-state index contributed by atoms with van der Waals surface area (Å²) in [5, 5.41) is 3.74. The largest absolute Gasteiger partial charge is 0.450 e. The van der Waals surface area contributed by atoms with E-state index in [1.807, 2.05) is 11.8 Å². The number of halogens is 2. The van der Waals surface area contributed by atoms with Crippen LogP contribution in [0, 0.1) is 0 Å². The maximum absolute atomic E-state index is 12.4. The molecule has 1 N–H and O–H groups in total. The van der Waals surface area contributed by atoms with E-state index in [-0.39, 0.29) is 18.0 Å². The summed E-state index contributed by atoms with van der Waals surface area (Å²) in [5.41, 5.74) is 0.492. The minimum absolute atomic E-state index is 0.163. The molecule has 1 aliphatic rings. The van der Waals surface area contributed by atoms with E-state index in [1.54, 1.807) is 30.0 Å². The first kappa shape index (κ1) is 18.8. The summed E-state index contributed by atoms with van der Waals surface area (Å²) in [5.74, 6) is -0.163. The van der Waals surface area contributed by atoms with Crippen LogP contribution in [0.5, 0.6) is 0 Å². The highest BCUT2D eigenvalue weighted by atomic mass is 35.5. The van der Waals surface area contributed by atoms with Crippen molar-refractivity contribution in [2.75, 3.05) is 38.1 Å². The molecule has 1 heterocycles. The minimum Gasteiger partial charge on any atom is -0.450 e. The van der Waals surface area contributed by atoms with Crippen molar-refractivity contribution in [1.29, 1.82) is 0 Å². The summed E-state index contributed by atoms with van der Waals surface area (Å²) in [6, 6.07) is 4.58. The molecule has 2 amide bonds. The van der Waals surface area contributed by atoms with E-state index in [2.05, 4.69) is 5.32 Å². The number of rotatable bonds is 4. The van der Waals surface area contributed by atoms with Crippen LogP contribution in [0.4, 0.5) is 10.5 Å². The van der Waals surface area contributed by atoms with Gasteiger partial charge in [0.25, 0.3) is 0 Å². The van der Waals surface area contributed by atoms with E-state index in [4.69, 9.17) is 27.9 Å². The van der Waals surface area contributed by atoms with Gasteiger partial charge in [-0.1, -0.05) is 23.2 Å². The Balaban J connectivity index is 1.90. The summed E-state index contributed by atoms with van der Waals surface area (Å²) in [7, 11) is 0. The zero-order valence-corrected chi connectivity index (χ0v) is 15.2. The van der Waals surface area contributed by atoms with Crippen molar-refractivity contribution in [1.82, 2.24) is 9.80 Å². The van der Waals surface area contributed by atoms with E-state index < -0.39 is 0 Å². The highest BCUT2D eigenvalue weighted by molar-refractivity contribution is 6.35. The molecule has 132 valence electrons. The van der Waals surface area contributed by atoms with Gasteiger partial charge in [-0.05, 0) is 32.0 Å². The van der Waals surface area contributed by atoms with Crippen LogP contribution in [0.15, 0.2) is 18.2 Å². The number of carbonyl (C=O) groups excluding carboxylic acids is 2. The Morgan fingerprint density at radius 3 is 2.54 bits per heavy atom. The Kier molecular flexibility index (Phi) is 6.71. The number of anilines is 1. The molecule has 0 saturated carbocycles. The number of hydrogen-bond donors (Lipinski definition) is 1. The Hall–Kier alpha value is -1.50. The maximum Gasteiger partial charge on any atom is 0.409 e. The lowest BCUT2D eigenvalue weighted by molar-refractivity contribution is -0.121. The Bertz CT molecular complexity index is 604. The molecule has 8 heteroatoms. The number of nitrogens with one attached hydrogen (secondary N) is 1. The van der Waals surface area contributed by atoms with Gasteiger partial charge in [-0.15, -0.1) is 0 Å². The van der Waals surface area contributed by atoms with E-state index >= 15 is 0 Å². The average Bonchev–Trinajstić information content (AvgIpc) is 2.57. The third-order valence-electron chi connectivity index (χ3n) is 3.95. The molecule has 2 rings (SSSR count). The second-order valence-electron chi connectivity index (χ2n) is 5.51. The van der Waals surface area contributed by atoms with Crippen molar-refractivity contribution in [2.45, 2.75) is 19.9 Å². The normalized spacial score (nSPS) is 16.6. The first-order valence-corrected chi connectivity index (χ1v) is 8.59. The zero-order chi connectivity index (χ0) is 17.7. The van der Waals surface area contributed by atoms with Crippen LogP contribution in [-0.4, -0.2) is 60.6 Å². The van der Waals surface area contributed by atoms with Crippen molar-refractivity contribution in [3.05, 3.63) is 28.2 Å². The van der Waals surface area contributed by atoms with Gasteiger partial charge in [-0.25, -0.2) is 4.79 Å². The standard InChI is InChI=1S/C16H21Cl2N3O3/c1-3-24-16(23)21-8-6-20(7-9-21)11(2)15(22)19-14-10-12(17)4-5-13(14)18/h4-5,10-11H,3,6-9H2,1-2H3,(H,19,22)/t11-/m1/s1. The number of hydrogen-bond acceptors (Lipinski definition) is 4. The average molecular weight is 374 g/mol. The zero-order valence-electron chi connectivity index (χ0n) is 13.7. The predicted molar refractivity (Wildman–Crippen MR) is 94.7 cm³/mol. The monoisotopic (exact) mass is 373 g/mol. The van der Waals surface area contributed by atoms with Crippen molar-refractivity contribution < 1.29 is 14.3 Å². The Labute approximate surface area is 151 Å². The van der Waals surface area contributed by atoms with Crippen LogP contribution >= 0.6 is 23.2 Å². The molecule has 0 radical (unpaired) electrons. The molecule has 0 unspecified atom stereocenters. The van der Waals surface area contributed by atoms with Crippen LogP contribution < -0.4 is 5.32 Å². The second kappa shape index (κ2) is 8.55. The number of carbonyl (C=O) groups is 2. The predicted octanol–water partition coefficient (Wildman–Crippen LogP) is 3.09. The van der Waals surface area contributed by atoms with Gasteiger partial charge in [-0.2, -0.15) is 0 Å². The van der Waals surface area contributed by atoms with Crippen LogP contribution in [0.1, 0.15) is 13.8 Å². The summed E-state index contributed by atoms with van der Waals surface area (Å²) in [4.78, 5) is 27.8. The van der Waals surface area contributed by atoms with E-state index in [0.29, 0.717) is 48.5 Å². The molecule has 0 aliphatic carbocycles. The fraction of sp³-hybridized carbons (Fsp3) is 0.500. The summed E-state index contributed by atoms with van der Waals surface area (Å²) in [6.45, 7) is 6.25. The highest BCUT2D eigenvalue weighted by Crippen LogP contribution is 2.25. The van der Waals surface area contributed by atoms with Gasteiger partial charge >= 0.3 is 6.09 Å². The van der Waals surface area contributed by atoms with Crippen molar-refractivity contribution >= 4 is 40.9 Å². The fourth-order valence-corrected chi connectivity index (χ4v) is 2.84. The van der Waals surface area contributed by atoms with E-state index in [9.17, 15) is 9.59 Å². The Morgan fingerprint density at radius 2 is 1.92 bits per heavy atom. The molecule has 0 bridgehead atoms.